The number of imidazole rings is 1. The van der Waals surface area contributed by atoms with E-state index < -0.39 is 5.50 Å². The Kier molecular flexibility index (Phi) is 3.86. The first-order chi connectivity index (χ1) is 12.1. The van der Waals surface area contributed by atoms with Crippen molar-refractivity contribution in [3.8, 4) is 28.6 Å². The van der Waals surface area contributed by atoms with Crippen molar-refractivity contribution >= 4 is 24.0 Å². The molecular weight excluding hydrogens is 373 g/mol. The Balaban J connectivity index is 0.00000168. The van der Waals surface area contributed by atoms with Crippen LogP contribution in [0.5, 0.6) is 0 Å². The molecule has 0 saturated carbocycles. The van der Waals surface area contributed by atoms with Gasteiger partial charge < -0.3 is 0 Å². The molecule has 1 aliphatic heterocycles. The number of alkyl halides is 1. The molecule has 1 aromatic carbocycles. The number of benzene rings is 1. The van der Waals surface area contributed by atoms with E-state index in [0.29, 0.717) is 5.82 Å². The maximum atomic E-state index is 6.80. The second kappa shape index (κ2) is 5.96. The fraction of sp³-hybridized carbons (Fsp3) is 0.176. The third-order valence-electron chi connectivity index (χ3n) is 4.42. The zero-order valence-electron chi connectivity index (χ0n) is 14.0. The smallest absolute Gasteiger partial charge is 0.202 e. The molecule has 5 rings (SSSR count). The number of nitrogens with zero attached hydrogens (tertiary/aromatic N) is 7. The lowest BCUT2D eigenvalue weighted by atomic mass is 10.1. The molecule has 132 valence electrons. The molecule has 0 aliphatic carbocycles. The fourth-order valence-electron chi connectivity index (χ4n) is 3.22. The zero-order valence-corrected chi connectivity index (χ0v) is 15.6. The minimum atomic E-state index is -0.505. The predicted octanol–water partition coefficient (Wildman–Crippen LogP) is 3.36. The molecular formula is C17H15Cl2N7. The van der Waals surface area contributed by atoms with Crippen LogP contribution in [0, 0.1) is 6.92 Å². The second-order valence-corrected chi connectivity index (χ2v) is 6.43. The largest absolute Gasteiger partial charge is 0.299 e. The molecule has 0 radical (unpaired) electrons. The number of rotatable bonds is 1. The number of aryl methyl sites for hydroxylation is 2. The van der Waals surface area contributed by atoms with Gasteiger partial charge in [0.15, 0.2) is 11.3 Å². The van der Waals surface area contributed by atoms with Crippen LogP contribution in [0.4, 0.5) is 0 Å². The molecule has 0 bridgehead atoms. The first-order valence-corrected chi connectivity index (χ1v) is 8.31. The van der Waals surface area contributed by atoms with Crippen LogP contribution >= 0.6 is 24.0 Å². The quantitative estimate of drug-likeness (QED) is 0.469. The number of fused-ring (bicyclic) bond motifs is 5. The van der Waals surface area contributed by atoms with Crippen LogP contribution in [0.3, 0.4) is 0 Å². The van der Waals surface area contributed by atoms with Crippen LogP contribution in [-0.2, 0) is 7.05 Å². The Morgan fingerprint density at radius 2 is 1.92 bits per heavy atom. The van der Waals surface area contributed by atoms with Gasteiger partial charge in [-0.25, -0.2) is 14.6 Å². The molecule has 1 aliphatic rings. The maximum absolute atomic E-state index is 6.80. The van der Waals surface area contributed by atoms with Gasteiger partial charge in [-0.15, -0.1) is 17.5 Å². The highest BCUT2D eigenvalue weighted by Gasteiger charge is 2.30. The molecule has 26 heavy (non-hydrogen) atoms. The standard InChI is InChI=1S/C17H14ClN7.ClH/c1-10-14-15(18)25-17(20-16(22-25)12-7-8-23(2)21-12)11-5-3-4-6-13(11)24(14)9-19-10;/h3-9,15H,1-2H3;1H. The highest BCUT2D eigenvalue weighted by Crippen LogP contribution is 2.38. The highest BCUT2D eigenvalue weighted by atomic mass is 35.5. The van der Waals surface area contributed by atoms with Crippen LogP contribution in [0.2, 0.25) is 0 Å². The summed E-state index contributed by atoms with van der Waals surface area (Å²) in [4.78, 5) is 9.17. The predicted molar refractivity (Wildman–Crippen MR) is 101 cm³/mol. The van der Waals surface area contributed by atoms with Gasteiger partial charge in [0, 0.05) is 18.8 Å². The molecule has 4 heterocycles. The van der Waals surface area contributed by atoms with E-state index in [1.807, 2.05) is 55.1 Å². The Hall–Kier alpha value is -2.64. The number of aromatic nitrogens is 7. The van der Waals surface area contributed by atoms with Gasteiger partial charge in [-0.2, -0.15) is 5.10 Å². The number of hydrogen-bond acceptors (Lipinski definition) is 4. The van der Waals surface area contributed by atoms with E-state index in [9.17, 15) is 0 Å². The molecule has 1 unspecified atom stereocenters. The van der Waals surface area contributed by atoms with Crippen molar-refractivity contribution in [3.05, 3.63) is 54.2 Å². The van der Waals surface area contributed by atoms with E-state index in [4.69, 9.17) is 16.6 Å². The van der Waals surface area contributed by atoms with Gasteiger partial charge in [0.1, 0.15) is 5.69 Å². The summed E-state index contributed by atoms with van der Waals surface area (Å²) >= 11 is 6.80. The second-order valence-electron chi connectivity index (χ2n) is 6.02. The van der Waals surface area contributed by atoms with Crippen molar-refractivity contribution in [2.45, 2.75) is 12.4 Å². The SMILES string of the molecule is Cc1ncn2c1C(Cl)n1nc(-c3ccn(C)n3)nc1-c1ccccc1-2.Cl. The van der Waals surface area contributed by atoms with Crippen molar-refractivity contribution < 1.29 is 0 Å². The number of hydrogen-bond donors (Lipinski definition) is 0. The van der Waals surface area contributed by atoms with Crippen LogP contribution in [0.1, 0.15) is 16.9 Å². The molecule has 7 nitrogen and oxygen atoms in total. The summed E-state index contributed by atoms with van der Waals surface area (Å²) < 4.78 is 5.49. The zero-order chi connectivity index (χ0) is 17.1. The normalized spacial score (nSPS) is 14.8. The molecule has 4 aromatic rings. The Morgan fingerprint density at radius 3 is 2.69 bits per heavy atom. The van der Waals surface area contributed by atoms with E-state index >= 15 is 0 Å². The van der Waals surface area contributed by atoms with Crippen LogP contribution in [0.15, 0.2) is 42.9 Å². The van der Waals surface area contributed by atoms with Crippen molar-refractivity contribution in [3.63, 3.8) is 0 Å². The highest BCUT2D eigenvalue weighted by molar-refractivity contribution is 6.21. The van der Waals surface area contributed by atoms with Crippen LogP contribution in [-0.4, -0.2) is 34.1 Å². The fourth-order valence-corrected chi connectivity index (χ4v) is 3.62. The summed E-state index contributed by atoms with van der Waals surface area (Å²) in [5.41, 5.74) is 3.92. The molecule has 0 spiro atoms. The summed E-state index contributed by atoms with van der Waals surface area (Å²) in [6.45, 7) is 1.95. The molecule has 0 saturated heterocycles. The number of halogens is 2. The maximum Gasteiger partial charge on any atom is 0.202 e. The van der Waals surface area contributed by atoms with Gasteiger partial charge in [0.2, 0.25) is 5.82 Å². The molecule has 0 amide bonds. The monoisotopic (exact) mass is 387 g/mol. The average Bonchev–Trinajstić information content (AvgIpc) is 3.31. The lowest BCUT2D eigenvalue weighted by molar-refractivity contribution is 0.649. The van der Waals surface area contributed by atoms with Gasteiger partial charge in [-0.05, 0) is 25.1 Å². The van der Waals surface area contributed by atoms with Crippen molar-refractivity contribution in [1.82, 2.24) is 34.1 Å². The first-order valence-electron chi connectivity index (χ1n) is 7.88. The molecule has 0 fully saturated rings. The van der Waals surface area contributed by atoms with Crippen LogP contribution in [0.25, 0.3) is 28.6 Å². The van der Waals surface area contributed by atoms with Gasteiger partial charge in [0.05, 0.1) is 23.4 Å². The lowest BCUT2D eigenvalue weighted by Gasteiger charge is -2.11. The summed E-state index contributed by atoms with van der Waals surface area (Å²) in [7, 11) is 1.87. The Bertz CT molecular complexity index is 1110. The summed E-state index contributed by atoms with van der Waals surface area (Å²) in [5.74, 6) is 1.28. The molecule has 3 aromatic heterocycles. The summed E-state index contributed by atoms with van der Waals surface area (Å²) in [6.07, 6.45) is 3.66. The Labute approximate surface area is 160 Å². The third-order valence-corrected chi connectivity index (χ3v) is 4.81. The molecule has 1 atom stereocenters. The van der Waals surface area contributed by atoms with E-state index in [-0.39, 0.29) is 12.4 Å². The van der Waals surface area contributed by atoms with E-state index in [1.54, 1.807) is 15.7 Å². The van der Waals surface area contributed by atoms with Gasteiger partial charge in [0.25, 0.3) is 0 Å². The minimum absolute atomic E-state index is 0. The minimum Gasteiger partial charge on any atom is -0.299 e. The average molecular weight is 388 g/mol. The molecule has 0 N–H and O–H groups in total. The summed E-state index contributed by atoms with van der Waals surface area (Å²) in [5, 5.41) is 9.05. The Morgan fingerprint density at radius 1 is 1.12 bits per heavy atom. The van der Waals surface area contributed by atoms with Gasteiger partial charge in [-0.1, -0.05) is 23.7 Å². The molecule has 9 heteroatoms. The first kappa shape index (κ1) is 16.8. The van der Waals surface area contributed by atoms with E-state index in [1.165, 1.54) is 0 Å². The van der Waals surface area contributed by atoms with E-state index in [0.717, 1.165) is 34.2 Å². The van der Waals surface area contributed by atoms with Gasteiger partial charge in [-0.3, -0.25) is 9.25 Å². The topological polar surface area (TPSA) is 66.3 Å². The van der Waals surface area contributed by atoms with Crippen LogP contribution < -0.4 is 0 Å². The van der Waals surface area contributed by atoms with Gasteiger partial charge >= 0.3 is 0 Å². The van der Waals surface area contributed by atoms with Crippen molar-refractivity contribution in [2.75, 3.05) is 0 Å². The van der Waals surface area contributed by atoms with Crippen molar-refractivity contribution in [2.24, 2.45) is 7.05 Å². The lowest BCUT2D eigenvalue weighted by Crippen LogP contribution is -2.10. The summed E-state index contributed by atoms with van der Waals surface area (Å²) in [6, 6.07) is 9.92. The number of para-hydroxylation sites is 1. The third kappa shape index (κ3) is 2.28. The van der Waals surface area contributed by atoms with Crippen molar-refractivity contribution in [1.29, 1.82) is 0 Å². The van der Waals surface area contributed by atoms with E-state index in [2.05, 4.69) is 15.2 Å².